The minimum Gasteiger partial charge on any atom is -0.337 e. The number of hydrogen-bond donors (Lipinski definition) is 2. The zero-order valence-electron chi connectivity index (χ0n) is 11.1. The van der Waals surface area contributed by atoms with E-state index in [9.17, 15) is 0 Å². The van der Waals surface area contributed by atoms with E-state index in [2.05, 4.69) is 42.4 Å². The van der Waals surface area contributed by atoms with E-state index >= 15 is 0 Å². The molecule has 0 aliphatic carbocycles. The lowest BCUT2D eigenvalue weighted by Gasteiger charge is -2.30. The van der Waals surface area contributed by atoms with Crippen molar-refractivity contribution in [1.82, 2.24) is 35.3 Å². The predicted molar refractivity (Wildman–Crippen MR) is 69.9 cm³/mol. The summed E-state index contributed by atoms with van der Waals surface area (Å²) < 4.78 is 1.75. The Morgan fingerprint density at radius 3 is 3.11 bits per heavy atom. The molecular weight excluding hydrogens is 244 g/mol. The van der Waals surface area contributed by atoms with Gasteiger partial charge in [-0.3, -0.25) is 5.10 Å². The molecule has 0 radical (unpaired) electrons. The molecule has 0 bridgehead atoms. The van der Waals surface area contributed by atoms with Crippen molar-refractivity contribution < 1.29 is 0 Å². The third kappa shape index (κ3) is 2.43. The summed E-state index contributed by atoms with van der Waals surface area (Å²) in [6.07, 6.45) is 3.20. The second-order valence-electron chi connectivity index (χ2n) is 4.87. The average Bonchev–Trinajstić information content (AvgIpc) is 3.10. The molecule has 2 aromatic heterocycles. The van der Waals surface area contributed by atoms with E-state index in [1.54, 1.807) is 11.0 Å². The normalized spacial score (nSPS) is 21.6. The average molecular weight is 262 g/mol. The summed E-state index contributed by atoms with van der Waals surface area (Å²) in [7, 11) is 0. The molecule has 0 amide bonds. The first-order valence-corrected chi connectivity index (χ1v) is 6.49. The van der Waals surface area contributed by atoms with Gasteiger partial charge in [-0.15, -0.1) is 5.10 Å². The van der Waals surface area contributed by atoms with Gasteiger partial charge in [0.05, 0.1) is 0 Å². The Balaban J connectivity index is 1.76. The molecule has 1 fully saturated rings. The fourth-order valence-electron chi connectivity index (χ4n) is 2.25. The topological polar surface area (TPSA) is 87.5 Å². The van der Waals surface area contributed by atoms with E-state index in [-0.39, 0.29) is 6.04 Å². The maximum atomic E-state index is 4.57. The SMILES string of the molecule is CC(c1nc(N2CCN[C@@H](C)C2)n[nH]1)n1cncn1. The predicted octanol–water partition coefficient (Wildman–Crippen LogP) is -0.196. The highest BCUT2D eigenvalue weighted by molar-refractivity contribution is 5.30. The molecule has 1 aliphatic rings. The Morgan fingerprint density at radius 1 is 1.47 bits per heavy atom. The number of aromatic nitrogens is 6. The quantitative estimate of drug-likeness (QED) is 0.797. The second-order valence-corrected chi connectivity index (χ2v) is 4.87. The highest BCUT2D eigenvalue weighted by atomic mass is 15.4. The van der Waals surface area contributed by atoms with Crippen LogP contribution in [0.2, 0.25) is 0 Å². The molecule has 1 aliphatic heterocycles. The molecule has 3 heterocycles. The first-order valence-electron chi connectivity index (χ1n) is 6.49. The van der Waals surface area contributed by atoms with Gasteiger partial charge in [-0.05, 0) is 13.8 Å². The molecule has 1 unspecified atom stereocenters. The van der Waals surface area contributed by atoms with Gasteiger partial charge in [0.2, 0.25) is 5.95 Å². The molecule has 2 atom stereocenters. The molecule has 3 rings (SSSR count). The van der Waals surface area contributed by atoms with Crippen molar-refractivity contribution in [2.45, 2.75) is 25.9 Å². The highest BCUT2D eigenvalue weighted by Crippen LogP contribution is 2.16. The van der Waals surface area contributed by atoms with Crippen molar-refractivity contribution in [3.05, 3.63) is 18.5 Å². The maximum absolute atomic E-state index is 4.57. The third-order valence-corrected chi connectivity index (χ3v) is 3.37. The molecule has 2 aromatic rings. The second kappa shape index (κ2) is 4.96. The van der Waals surface area contributed by atoms with Crippen LogP contribution in [0.25, 0.3) is 0 Å². The fraction of sp³-hybridized carbons (Fsp3) is 0.636. The Hall–Kier alpha value is -1.96. The summed E-state index contributed by atoms with van der Waals surface area (Å²) in [5, 5.41) is 14.8. The smallest absolute Gasteiger partial charge is 0.244 e. The lowest BCUT2D eigenvalue weighted by molar-refractivity contribution is 0.479. The van der Waals surface area contributed by atoms with Gasteiger partial charge in [0.15, 0.2) is 5.82 Å². The summed E-state index contributed by atoms with van der Waals surface area (Å²) in [5.74, 6) is 1.56. The molecule has 0 saturated carbocycles. The Kier molecular flexibility index (Phi) is 3.16. The van der Waals surface area contributed by atoms with Crippen molar-refractivity contribution in [1.29, 1.82) is 0 Å². The van der Waals surface area contributed by atoms with Crippen molar-refractivity contribution in [3.63, 3.8) is 0 Å². The summed E-state index contributed by atoms with van der Waals surface area (Å²) in [4.78, 5) is 10.7. The van der Waals surface area contributed by atoms with Crippen molar-refractivity contribution >= 4 is 5.95 Å². The van der Waals surface area contributed by atoms with Gasteiger partial charge < -0.3 is 10.2 Å². The van der Waals surface area contributed by atoms with Crippen LogP contribution in [-0.4, -0.2) is 55.6 Å². The zero-order valence-corrected chi connectivity index (χ0v) is 11.1. The number of rotatable bonds is 3. The first-order chi connectivity index (χ1) is 9.24. The van der Waals surface area contributed by atoms with Crippen LogP contribution in [-0.2, 0) is 0 Å². The van der Waals surface area contributed by atoms with Gasteiger partial charge in [0, 0.05) is 25.7 Å². The molecule has 2 N–H and O–H groups in total. The molecule has 0 spiro atoms. The van der Waals surface area contributed by atoms with Crippen molar-refractivity contribution in [3.8, 4) is 0 Å². The molecule has 102 valence electrons. The van der Waals surface area contributed by atoms with Crippen LogP contribution in [0.15, 0.2) is 12.7 Å². The number of piperazine rings is 1. The minimum atomic E-state index is 0.00379. The van der Waals surface area contributed by atoms with E-state index in [1.165, 1.54) is 6.33 Å². The molecule has 8 nitrogen and oxygen atoms in total. The lowest BCUT2D eigenvalue weighted by Crippen LogP contribution is -2.49. The van der Waals surface area contributed by atoms with Gasteiger partial charge in [-0.1, -0.05) is 0 Å². The van der Waals surface area contributed by atoms with Crippen LogP contribution in [0, 0.1) is 0 Å². The summed E-state index contributed by atoms with van der Waals surface area (Å²) in [6.45, 7) is 7.00. The van der Waals surface area contributed by atoms with Crippen molar-refractivity contribution in [2.24, 2.45) is 0 Å². The van der Waals surface area contributed by atoms with Gasteiger partial charge in [0.25, 0.3) is 0 Å². The van der Waals surface area contributed by atoms with Crippen LogP contribution in [0.5, 0.6) is 0 Å². The lowest BCUT2D eigenvalue weighted by atomic mass is 10.2. The summed E-state index contributed by atoms with van der Waals surface area (Å²) in [5.41, 5.74) is 0. The first kappa shape index (κ1) is 12.1. The Labute approximate surface area is 111 Å². The van der Waals surface area contributed by atoms with Crippen LogP contribution in [0.1, 0.15) is 25.7 Å². The highest BCUT2D eigenvalue weighted by Gasteiger charge is 2.21. The molecule has 1 saturated heterocycles. The van der Waals surface area contributed by atoms with Crippen LogP contribution >= 0.6 is 0 Å². The van der Waals surface area contributed by atoms with Crippen LogP contribution in [0.4, 0.5) is 5.95 Å². The van der Waals surface area contributed by atoms with E-state index in [1.807, 2.05) is 6.92 Å². The van der Waals surface area contributed by atoms with Gasteiger partial charge in [-0.2, -0.15) is 10.1 Å². The molecular formula is C11H18N8. The number of nitrogens with one attached hydrogen (secondary N) is 2. The maximum Gasteiger partial charge on any atom is 0.244 e. The Bertz CT molecular complexity index is 519. The largest absolute Gasteiger partial charge is 0.337 e. The van der Waals surface area contributed by atoms with E-state index < -0.39 is 0 Å². The number of nitrogens with zero attached hydrogens (tertiary/aromatic N) is 6. The van der Waals surface area contributed by atoms with Gasteiger partial charge >= 0.3 is 0 Å². The fourth-order valence-corrected chi connectivity index (χ4v) is 2.25. The third-order valence-electron chi connectivity index (χ3n) is 3.37. The van der Waals surface area contributed by atoms with Crippen molar-refractivity contribution in [2.75, 3.05) is 24.5 Å². The van der Waals surface area contributed by atoms with E-state index in [4.69, 9.17) is 0 Å². The number of H-pyrrole nitrogens is 1. The zero-order chi connectivity index (χ0) is 13.2. The van der Waals surface area contributed by atoms with Gasteiger partial charge in [0.1, 0.15) is 18.7 Å². The summed E-state index contributed by atoms with van der Waals surface area (Å²) in [6, 6.07) is 0.465. The van der Waals surface area contributed by atoms with Gasteiger partial charge in [-0.25, -0.2) is 9.67 Å². The minimum absolute atomic E-state index is 0.00379. The van der Waals surface area contributed by atoms with E-state index in [0.717, 1.165) is 31.4 Å². The molecule has 8 heteroatoms. The van der Waals surface area contributed by atoms with E-state index in [0.29, 0.717) is 6.04 Å². The Morgan fingerprint density at radius 2 is 2.37 bits per heavy atom. The molecule has 19 heavy (non-hydrogen) atoms. The molecule has 0 aromatic carbocycles. The van der Waals surface area contributed by atoms with Crippen LogP contribution < -0.4 is 10.2 Å². The monoisotopic (exact) mass is 262 g/mol. The number of hydrogen-bond acceptors (Lipinski definition) is 6. The van der Waals surface area contributed by atoms with Crippen LogP contribution in [0.3, 0.4) is 0 Å². The standard InChI is InChI=1S/C11H18N8/c1-8-5-18(4-3-13-8)11-15-10(16-17-11)9(2)19-7-12-6-14-19/h6-9,13H,3-5H2,1-2H3,(H,15,16,17)/t8-,9?/m0/s1. The summed E-state index contributed by atoms with van der Waals surface area (Å²) >= 11 is 0. The number of anilines is 1. The number of aromatic amines is 1.